The van der Waals surface area contributed by atoms with Crippen molar-refractivity contribution in [3.63, 3.8) is 0 Å². The van der Waals surface area contributed by atoms with Crippen molar-refractivity contribution in [3.8, 4) is 0 Å². The third-order valence-electron chi connectivity index (χ3n) is 3.27. The molecule has 1 heterocycles. The fraction of sp³-hybridized carbons (Fsp3) is 0.500. The number of anilines is 1. The first-order valence-electron chi connectivity index (χ1n) is 6.44. The molecule has 0 aliphatic carbocycles. The highest BCUT2D eigenvalue weighted by Crippen LogP contribution is 2.13. The van der Waals surface area contributed by atoms with Crippen LogP contribution in [0.3, 0.4) is 0 Å². The van der Waals surface area contributed by atoms with Crippen molar-refractivity contribution in [2.75, 3.05) is 25.5 Å². The Labute approximate surface area is 133 Å². The summed E-state index contributed by atoms with van der Waals surface area (Å²) in [5.74, 6) is 0.114. The number of nitrogens with zero attached hydrogens (tertiary/aromatic N) is 1. The zero-order valence-electron chi connectivity index (χ0n) is 11.9. The van der Waals surface area contributed by atoms with E-state index in [-0.39, 0.29) is 36.8 Å². The van der Waals surface area contributed by atoms with Crippen molar-refractivity contribution in [1.82, 2.24) is 10.6 Å². The Morgan fingerprint density at radius 1 is 1.40 bits per heavy atom. The van der Waals surface area contributed by atoms with Gasteiger partial charge in [-0.05, 0) is 37.1 Å². The number of halogens is 2. The number of carbonyl (C=O) groups excluding carboxylic acids is 1. The van der Waals surface area contributed by atoms with Gasteiger partial charge in [-0.25, -0.2) is 0 Å². The first kappa shape index (κ1) is 19.0. The van der Waals surface area contributed by atoms with Gasteiger partial charge in [-0.2, -0.15) is 0 Å². The zero-order valence-corrected chi connectivity index (χ0v) is 13.5. The first-order chi connectivity index (χ1) is 8.66. The van der Waals surface area contributed by atoms with Gasteiger partial charge in [0.05, 0.1) is 6.04 Å². The smallest absolute Gasteiger partial charge is 0.237 e. The Balaban J connectivity index is 0.00000180. The number of amides is 1. The number of benzene rings is 1. The van der Waals surface area contributed by atoms with E-state index in [1.54, 1.807) is 0 Å². The zero-order chi connectivity index (χ0) is 13.0. The van der Waals surface area contributed by atoms with Gasteiger partial charge in [0.2, 0.25) is 5.91 Å². The molecule has 1 fully saturated rings. The molecule has 2 N–H and O–H groups in total. The van der Waals surface area contributed by atoms with Crippen LogP contribution in [0.4, 0.5) is 5.69 Å². The van der Waals surface area contributed by atoms with Gasteiger partial charge in [0.1, 0.15) is 0 Å². The molecule has 0 spiro atoms. The van der Waals surface area contributed by atoms with Crippen LogP contribution in [0, 0.1) is 0 Å². The van der Waals surface area contributed by atoms with E-state index in [1.807, 2.05) is 26.2 Å². The molecule has 114 valence electrons. The molecule has 2 rings (SSSR count). The minimum absolute atomic E-state index is 0. The number of nitrogens with one attached hydrogen (secondary N) is 2. The second-order valence-electron chi connectivity index (χ2n) is 4.93. The fourth-order valence-corrected chi connectivity index (χ4v) is 2.17. The molecule has 1 amide bonds. The lowest BCUT2D eigenvalue weighted by Gasteiger charge is -2.15. The Hall–Kier alpha value is -0.970. The van der Waals surface area contributed by atoms with Crippen LogP contribution in [0.2, 0.25) is 0 Å². The van der Waals surface area contributed by atoms with Crippen LogP contribution >= 0.6 is 24.8 Å². The van der Waals surface area contributed by atoms with E-state index in [1.165, 1.54) is 0 Å². The molecule has 20 heavy (non-hydrogen) atoms. The number of carbonyl (C=O) groups is 1. The molecular weight excluding hydrogens is 297 g/mol. The molecule has 1 atom stereocenters. The lowest BCUT2D eigenvalue weighted by atomic mass is 10.1. The van der Waals surface area contributed by atoms with Crippen LogP contribution in [0.15, 0.2) is 24.3 Å². The molecule has 1 unspecified atom stereocenters. The summed E-state index contributed by atoms with van der Waals surface area (Å²) in [5, 5.41) is 6.19. The van der Waals surface area contributed by atoms with Crippen LogP contribution in [-0.2, 0) is 11.3 Å². The molecule has 0 saturated carbocycles. The largest absolute Gasteiger partial charge is 0.378 e. The summed E-state index contributed by atoms with van der Waals surface area (Å²) in [5.41, 5.74) is 2.29. The van der Waals surface area contributed by atoms with Crippen molar-refractivity contribution < 1.29 is 4.79 Å². The summed E-state index contributed by atoms with van der Waals surface area (Å²) >= 11 is 0. The average molecular weight is 320 g/mol. The summed E-state index contributed by atoms with van der Waals surface area (Å²) in [6, 6.07) is 8.22. The Kier molecular flexibility index (Phi) is 8.62. The molecule has 0 radical (unpaired) electrons. The van der Waals surface area contributed by atoms with Crippen LogP contribution < -0.4 is 15.5 Å². The Bertz CT molecular complexity index is 421. The van der Waals surface area contributed by atoms with Crippen LogP contribution in [0.25, 0.3) is 0 Å². The van der Waals surface area contributed by atoms with Gasteiger partial charge >= 0.3 is 0 Å². The molecule has 1 aliphatic rings. The molecule has 1 aromatic rings. The molecule has 4 nitrogen and oxygen atoms in total. The minimum Gasteiger partial charge on any atom is -0.378 e. The molecule has 1 saturated heterocycles. The highest BCUT2D eigenvalue weighted by molar-refractivity contribution is 5.85. The maximum atomic E-state index is 11.9. The lowest BCUT2D eigenvalue weighted by Crippen LogP contribution is -2.40. The van der Waals surface area contributed by atoms with Gasteiger partial charge in [0.25, 0.3) is 0 Å². The van der Waals surface area contributed by atoms with Crippen LogP contribution in [0.5, 0.6) is 0 Å². The van der Waals surface area contributed by atoms with E-state index in [2.05, 4.69) is 27.7 Å². The summed E-state index contributed by atoms with van der Waals surface area (Å²) in [6.07, 6.45) is 2.04. The predicted octanol–water partition coefficient (Wildman–Crippen LogP) is 1.96. The van der Waals surface area contributed by atoms with Crippen molar-refractivity contribution in [2.24, 2.45) is 0 Å². The van der Waals surface area contributed by atoms with Crippen molar-refractivity contribution in [1.29, 1.82) is 0 Å². The SMILES string of the molecule is CN(C)c1cccc(CNC(=O)C2CCCN2)c1.Cl.Cl. The number of rotatable bonds is 4. The van der Waals surface area contributed by atoms with E-state index in [0.717, 1.165) is 30.6 Å². The van der Waals surface area contributed by atoms with Crippen LogP contribution in [-0.4, -0.2) is 32.6 Å². The molecule has 1 aromatic carbocycles. The standard InChI is InChI=1S/C14H21N3O.2ClH/c1-17(2)12-6-3-5-11(9-12)10-16-14(18)13-7-4-8-15-13;;/h3,5-6,9,13,15H,4,7-8,10H2,1-2H3,(H,16,18);2*1H. The van der Waals surface area contributed by atoms with Gasteiger partial charge < -0.3 is 15.5 Å². The summed E-state index contributed by atoms with van der Waals surface area (Å²) in [6.45, 7) is 1.55. The topological polar surface area (TPSA) is 44.4 Å². The maximum Gasteiger partial charge on any atom is 0.237 e. The highest BCUT2D eigenvalue weighted by atomic mass is 35.5. The average Bonchev–Trinajstić information content (AvgIpc) is 2.90. The first-order valence-corrected chi connectivity index (χ1v) is 6.44. The van der Waals surface area contributed by atoms with Crippen LogP contribution in [0.1, 0.15) is 18.4 Å². The van der Waals surface area contributed by atoms with Gasteiger partial charge in [0, 0.05) is 26.3 Å². The Morgan fingerprint density at radius 2 is 2.15 bits per heavy atom. The normalized spacial score (nSPS) is 16.8. The van der Waals surface area contributed by atoms with Crippen molar-refractivity contribution in [2.45, 2.75) is 25.4 Å². The summed E-state index contributed by atoms with van der Waals surface area (Å²) in [4.78, 5) is 13.9. The van der Waals surface area contributed by atoms with E-state index in [4.69, 9.17) is 0 Å². The maximum absolute atomic E-state index is 11.9. The van der Waals surface area contributed by atoms with E-state index in [0.29, 0.717) is 6.54 Å². The third-order valence-corrected chi connectivity index (χ3v) is 3.27. The van der Waals surface area contributed by atoms with Crippen molar-refractivity contribution >= 4 is 36.4 Å². The second kappa shape index (κ2) is 9.06. The van der Waals surface area contributed by atoms with Gasteiger partial charge in [-0.1, -0.05) is 12.1 Å². The third kappa shape index (κ3) is 5.19. The van der Waals surface area contributed by atoms with Gasteiger partial charge in [0.15, 0.2) is 0 Å². The highest BCUT2D eigenvalue weighted by Gasteiger charge is 2.21. The molecule has 0 bridgehead atoms. The van der Waals surface area contributed by atoms with Gasteiger partial charge in [-0.15, -0.1) is 24.8 Å². The van der Waals surface area contributed by atoms with Crippen molar-refractivity contribution in [3.05, 3.63) is 29.8 Å². The fourth-order valence-electron chi connectivity index (χ4n) is 2.17. The monoisotopic (exact) mass is 319 g/mol. The second-order valence-corrected chi connectivity index (χ2v) is 4.93. The number of hydrogen-bond donors (Lipinski definition) is 2. The van der Waals surface area contributed by atoms with E-state index >= 15 is 0 Å². The number of hydrogen-bond acceptors (Lipinski definition) is 3. The van der Waals surface area contributed by atoms with Gasteiger partial charge in [-0.3, -0.25) is 4.79 Å². The minimum atomic E-state index is 0. The Morgan fingerprint density at radius 3 is 2.75 bits per heavy atom. The molecule has 1 aliphatic heterocycles. The molecule has 0 aromatic heterocycles. The quantitative estimate of drug-likeness (QED) is 0.891. The van der Waals surface area contributed by atoms with E-state index < -0.39 is 0 Å². The molecule has 6 heteroatoms. The predicted molar refractivity (Wildman–Crippen MR) is 88.1 cm³/mol. The van der Waals surface area contributed by atoms with E-state index in [9.17, 15) is 4.79 Å². The molecular formula is C14H23Cl2N3O. The lowest BCUT2D eigenvalue weighted by molar-refractivity contribution is -0.122. The summed E-state index contributed by atoms with van der Waals surface area (Å²) < 4.78 is 0. The summed E-state index contributed by atoms with van der Waals surface area (Å²) in [7, 11) is 4.03.